The van der Waals surface area contributed by atoms with Crippen LogP contribution in [0.25, 0.3) is 22.5 Å². The zero-order valence-corrected chi connectivity index (χ0v) is 9.93. The average molecular weight is 234 g/mol. The van der Waals surface area contributed by atoms with Gasteiger partial charge in [0, 0.05) is 23.8 Å². The van der Waals surface area contributed by atoms with Gasteiger partial charge in [-0.05, 0) is 35.4 Å². The molecular formula is C16H14N2. The van der Waals surface area contributed by atoms with Crippen LogP contribution in [0.4, 0.5) is 0 Å². The van der Waals surface area contributed by atoms with E-state index in [0.717, 1.165) is 0 Å². The van der Waals surface area contributed by atoms with Crippen molar-refractivity contribution < 1.29 is 0 Å². The van der Waals surface area contributed by atoms with Crippen molar-refractivity contribution in [1.29, 1.82) is 0 Å². The van der Waals surface area contributed by atoms with E-state index in [0.29, 0.717) is 0 Å². The fraction of sp³-hybridized carbons (Fsp3) is 0. The SMILES string of the molecule is c1c[nH]c2cccc-2c1.c1c[nH]c2cccc-2c1. The van der Waals surface area contributed by atoms with Crippen LogP contribution in [0.15, 0.2) is 73.1 Å². The van der Waals surface area contributed by atoms with Crippen molar-refractivity contribution in [3.63, 3.8) is 0 Å². The molecule has 0 bridgehead atoms. The second-order valence-corrected chi connectivity index (χ2v) is 4.13. The Balaban J connectivity index is 0.000000111. The minimum Gasteiger partial charge on any atom is -0.361 e. The summed E-state index contributed by atoms with van der Waals surface area (Å²) in [5.74, 6) is 0. The van der Waals surface area contributed by atoms with Crippen molar-refractivity contribution in [3.8, 4) is 22.5 Å². The van der Waals surface area contributed by atoms with Gasteiger partial charge in [-0.2, -0.15) is 0 Å². The van der Waals surface area contributed by atoms with Gasteiger partial charge in [0.1, 0.15) is 0 Å². The first-order chi connectivity index (χ1) is 8.93. The number of rotatable bonds is 0. The predicted octanol–water partition coefficient (Wildman–Crippen LogP) is 4.24. The van der Waals surface area contributed by atoms with Crippen LogP contribution in [0.1, 0.15) is 0 Å². The van der Waals surface area contributed by atoms with Crippen LogP contribution < -0.4 is 0 Å². The Labute approximate surface area is 106 Å². The second-order valence-electron chi connectivity index (χ2n) is 4.13. The third-order valence-electron chi connectivity index (χ3n) is 2.92. The number of fused-ring (bicyclic) bond motifs is 2. The lowest BCUT2D eigenvalue weighted by Gasteiger charge is -1.93. The Bertz CT molecular complexity index is 549. The van der Waals surface area contributed by atoms with Crippen LogP contribution in [0.2, 0.25) is 0 Å². The second kappa shape index (κ2) is 4.80. The van der Waals surface area contributed by atoms with E-state index in [1.807, 2.05) is 36.7 Å². The van der Waals surface area contributed by atoms with Crippen molar-refractivity contribution in [1.82, 2.24) is 9.97 Å². The third kappa shape index (κ3) is 2.13. The molecule has 0 aromatic rings. The summed E-state index contributed by atoms with van der Waals surface area (Å²) >= 11 is 0. The molecule has 2 N–H and O–H groups in total. The Kier molecular flexibility index (Phi) is 2.84. The molecule has 88 valence electrons. The molecule has 2 aliphatic carbocycles. The molecule has 0 saturated carbocycles. The van der Waals surface area contributed by atoms with E-state index < -0.39 is 0 Å². The van der Waals surface area contributed by atoms with E-state index in [4.69, 9.17) is 0 Å². The number of aromatic nitrogens is 2. The zero-order valence-electron chi connectivity index (χ0n) is 9.93. The molecule has 2 nitrogen and oxygen atoms in total. The van der Waals surface area contributed by atoms with E-state index in [-0.39, 0.29) is 0 Å². The molecule has 0 saturated heterocycles. The van der Waals surface area contributed by atoms with Gasteiger partial charge < -0.3 is 9.97 Å². The predicted molar refractivity (Wildman–Crippen MR) is 74.8 cm³/mol. The minimum absolute atomic E-state index is 1.21. The molecule has 4 rings (SSSR count). The molecule has 0 unspecified atom stereocenters. The zero-order chi connectivity index (χ0) is 12.2. The first-order valence-corrected chi connectivity index (χ1v) is 5.98. The maximum atomic E-state index is 3.13. The molecule has 18 heavy (non-hydrogen) atoms. The van der Waals surface area contributed by atoms with Crippen LogP contribution in [0.5, 0.6) is 0 Å². The highest BCUT2D eigenvalue weighted by Gasteiger charge is 1.96. The number of aromatic amines is 2. The summed E-state index contributed by atoms with van der Waals surface area (Å²) in [6, 6.07) is 20.6. The van der Waals surface area contributed by atoms with Crippen molar-refractivity contribution in [3.05, 3.63) is 73.1 Å². The van der Waals surface area contributed by atoms with Crippen molar-refractivity contribution >= 4 is 0 Å². The van der Waals surface area contributed by atoms with E-state index in [2.05, 4.69) is 46.4 Å². The molecule has 2 heterocycles. The van der Waals surface area contributed by atoms with Crippen molar-refractivity contribution in [2.75, 3.05) is 0 Å². The van der Waals surface area contributed by atoms with Crippen molar-refractivity contribution in [2.45, 2.75) is 0 Å². The maximum Gasteiger partial charge on any atom is 0.0453 e. The summed E-state index contributed by atoms with van der Waals surface area (Å²) < 4.78 is 0. The molecule has 0 fully saturated rings. The van der Waals surface area contributed by atoms with Gasteiger partial charge in [-0.15, -0.1) is 0 Å². The Morgan fingerprint density at radius 1 is 0.500 bits per heavy atom. The first-order valence-electron chi connectivity index (χ1n) is 5.98. The smallest absolute Gasteiger partial charge is 0.0453 e. The lowest BCUT2D eigenvalue weighted by atomic mass is 10.2. The summed E-state index contributed by atoms with van der Waals surface area (Å²) in [7, 11) is 0. The largest absolute Gasteiger partial charge is 0.361 e. The van der Waals surface area contributed by atoms with Crippen LogP contribution in [-0.4, -0.2) is 9.97 Å². The Morgan fingerprint density at radius 3 is 1.39 bits per heavy atom. The van der Waals surface area contributed by atoms with E-state index in [1.54, 1.807) is 0 Å². The third-order valence-corrected chi connectivity index (χ3v) is 2.92. The van der Waals surface area contributed by atoms with Crippen LogP contribution in [0.3, 0.4) is 0 Å². The van der Waals surface area contributed by atoms with Crippen LogP contribution in [-0.2, 0) is 0 Å². The summed E-state index contributed by atoms with van der Waals surface area (Å²) in [6.07, 6.45) is 3.87. The van der Waals surface area contributed by atoms with Crippen LogP contribution in [0, 0.1) is 0 Å². The molecule has 2 heteroatoms. The lowest BCUT2D eigenvalue weighted by Crippen LogP contribution is -1.74. The van der Waals surface area contributed by atoms with Gasteiger partial charge in [0.25, 0.3) is 0 Å². The maximum absolute atomic E-state index is 3.13. The van der Waals surface area contributed by atoms with E-state index in [9.17, 15) is 0 Å². The fourth-order valence-electron chi connectivity index (χ4n) is 2.00. The van der Waals surface area contributed by atoms with Gasteiger partial charge >= 0.3 is 0 Å². The van der Waals surface area contributed by atoms with Gasteiger partial charge in [0.2, 0.25) is 0 Å². The fourth-order valence-corrected chi connectivity index (χ4v) is 2.00. The molecule has 0 aromatic heterocycles. The molecule has 0 spiro atoms. The highest BCUT2D eigenvalue weighted by molar-refractivity contribution is 5.61. The molecule has 4 aliphatic rings. The summed E-state index contributed by atoms with van der Waals surface area (Å²) in [5.41, 5.74) is 4.96. The van der Waals surface area contributed by atoms with Gasteiger partial charge in [0.05, 0.1) is 0 Å². The van der Waals surface area contributed by atoms with Gasteiger partial charge in [-0.25, -0.2) is 0 Å². The molecule has 0 radical (unpaired) electrons. The molecule has 2 aliphatic heterocycles. The number of H-pyrrole nitrogens is 2. The van der Waals surface area contributed by atoms with Crippen molar-refractivity contribution in [2.24, 2.45) is 0 Å². The highest BCUT2D eigenvalue weighted by Crippen LogP contribution is 2.18. The van der Waals surface area contributed by atoms with E-state index >= 15 is 0 Å². The monoisotopic (exact) mass is 234 g/mol. The molecule has 0 amide bonds. The normalized spacial score (nSPS) is 10.2. The minimum atomic E-state index is 1.21. The van der Waals surface area contributed by atoms with Gasteiger partial charge in [-0.3, -0.25) is 0 Å². The quantitative estimate of drug-likeness (QED) is 0.456. The molecule has 0 aromatic carbocycles. The Hall–Kier alpha value is -2.48. The van der Waals surface area contributed by atoms with Crippen LogP contribution >= 0.6 is 0 Å². The van der Waals surface area contributed by atoms with E-state index in [1.165, 1.54) is 22.5 Å². The molecule has 0 atom stereocenters. The number of pyridine rings is 2. The number of hydrogen-bond acceptors (Lipinski definition) is 0. The average Bonchev–Trinajstić information content (AvgIpc) is 3.08. The number of nitrogens with one attached hydrogen (secondary N) is 2. The standard InChI is InChI=1S/2C8H7N/c2*1-3-7-4-2-6-9-8(7)5-1/h2*1-6,9H. The summed E-state index contributed by atoms with van der Waals surface area (Å²) in [5, 5.41) is 0. The summed E-state index contributed by atoms with van der Waals surface area (Å²) in [6.45, 7) is 0. The van der Waals surface area contributed by atoms with Gasteiger partial charge in [-0.1, -0.05) is 36.4 Å². The Morgan fingerprint density at radius 2 is 0.944 bits per heavy atom. The number of hydrogen-bond donors (Lipinski definition) is 2. The van der Waals surface area contributed by atoms with Gasteiger partial charge in [0.15, 0.2) is 0 Å². The highest BCUT2D eigenvalue weighted by atomic mass is 14.7. The molecular weight excluding hydrogens is 220 g/mol. The lowest BCUT2D eigenvalue weighted by molar-refractivity contribution is 1.34. The summed E-state index contributed by atoms with van der Waals surface area (Å²) in [4.78, 5) is 6.26. The topological polar surface area (TPSA) is 31.6 Å². The first kappa shape index (κ1) is 10.7.